The number of amides is 2. The molecule has 0 spiro atoms. The van der Waals surface area contributed by atoms with E-state index in [1.54, 1.807) is 0 Å². The summed E-state index contributed by atoms with van der Waals surface area (Å²) in [5.41, 5.74) is 6.08. The molecule has 1 saturated carbocycles. The number of nitrogens with two attached hydrogens (primary N) is 1. The number of primary amides is 1. The summed E-state index contributed by atoms with van der Waals surface area (Å²) in [5, 5.41) is 28.2. The minimum Gasteiger partial charge on any atom is -0.465 e. The van der Waals surface area contributed by atoms with E-state index in [0.717, 1.165) is 0 Å². The molecule has 1 fully saturated rings. The Bertz CT molecular complexity index is 920. The second kappa shape index (κ2) is 7.96. The number of benzene rings is 1. The van der Waals surface area contributed by atoms with E-state index < -0.39 is 23.9 Å². The molecule has 0 saturated heterocycles. The molecule has 146 valence electrons. The fraction of sp³-hybridized carbons (Fsp3) is 0.333. The normalized spacial score (nSPS) is 21.5. The fourth-order valence-electron chi connectivity index (χ4n) is 3.40. The average Bonchev–Trinajstić information content (AvgIpc) is 3.07. The van der Waals surface area contributed by atoms with Gasteiger partial charge in [-0.05, 0) is 43.5 Å². The number of carbonyl (C=O) groups is 2. The summed E-state index contributed by atoms with van der Waals surface area (Å²) >= 11 is 0. The molecule has 10 heteroatoms. The first-order chi connectivity index (χ1) is 13.4. The number of aromatic nitrogens is 2. The van der Waals surface area contributed by atoms with Crippen molar-refractivity contribution < 1.29 is 19.1 Å². The third kappa shape index (κ3) is 4.20. The highest BCUT2D eigenvalue weighted by Gasteiger charge is 2.34. The molecule has 3 atom stereocenters. The number of halogens is 1. The zero-order valence-corrected chi connectivity index (χ0v) is 14.8. The second-order valence-electron chi connectivity index (χ2n) is 6.63. The highest BCUT2D eigenvalue weighted by molar-refractivity contribution is 5.98. The van der Waals surface area contributed by atoms with Gasteiger partial charge in [0.05, 0.1) is 18.0 Å². The number of rotatable bonds is 5. The van der Waals surface area contributed by atoms with Crippen molar-refractivity contribution in [3.05, 3.63) is 41.8 Å². The lowest BCUT2D eigenvalue weighted by atomic mass is 9.82. The van der Waals surface area contributed by atoms with Gasteiger partial charge in [0.2, 0.25) is 0 Å². The van der Waals surface area contributed by atoms with Crippen LogP contribution in [0.15, 0.2) is 30.5 Å². The van der Waals surface area contributed by atoms with E-state index in [1.807, 2.05) is 0 Å². The van der Waals surface area contributed by atoms with Crippen LogP contribution < -0.4 is 16.4 Å². The lowest BCUT2D eigenvalue weighted by Crippen LogP contribution is -2.40. The summed E-state index contributed by atoms with van der Waals surface area (Å²) in [4.78, 5) is 22.8. The first kappa shape index (κ1) is 19.2. The molecule has 0 radical (unpaired) electrons. The highest BCUT2D eigenvalue weighted by atomic mass is 19.1. The first-order valence-electron chi connectivity index (χ1n) is 8.68. The van der Waals surface area contributed by atoms with Crippen molar-refractivity contribution in [2.24, 2.45) is 11.7 Å². The predicted molar refractivity (Wildman–Crippen MR) is 97.4 cm³/mol. The Labute approximate surface area is 159 Å². The van der Waals surface area contributed by atoms with Crippen LogP contribution in [0, 0.1) is 23.1 Å². The largest absolute Gasteiger partial charge is 0.465 e. The number of carbonyl (C=O) groups excluding carboxylic acids is 1. The molecule has 3 rings (SSSR count). The Morgan fingerprint density at radius 2 is 2.04 bits per heavy atom. The number of hydrogen-bond acceptors (Lipinski definition) is 5. The van der Waals surface area contributed by atoms with Gasteiger partial charge in [0.15, 0.2) is 5.82 Å². The highest BCUT2D eigenvalue weighted by Crippen LogP contribution is 2.35. The number of carboxylic acid groups (broad SMARTS) is 1. The average molecular weight is 386 g/mol. The molecule has 0 aliphatic heterocycles. The number of anilines is 2. The molecule has 2 amide bonds. The van der Waals surface area contributed by atoms with Gasteiger partial charge in [0, 0.05) is 17.9 Å². The van der Waals surface area contributed by atoms with Crippen LogP contribution >= 0.6 is 0 Å². The van der Waals surface area contributed by atoms with Crippen LogP contribution in [0.5, 0.6) is 0 Å². The van der Waals surface area contributed by atoms with E-state index in [2.05, 4.69) is 21.8 Å². The summed E-state index contributed by atoms with van der Waals surface area (Å²) < 4.78 is 14.6. The van der Waals surface area contributed by atoms with Gasteiger partial charge in [-0.1, -0.05) is 0 Å². The van der Waals surface area contributed by atoms with Crippen molar-refractivity contribution >= 4 is 23.5 Å². The van der Waals surface area contributed by atoms with Crippen molar-refractivity contribution in [2.75, 3.05) is 5.32 Å². The number of hydrogen-bond donors (Lipinski definition) is 4. The van der Waals surface area contributed by atoms with E-state index in [0.29, 0.717) is 24.9 Å². The van der Waals surface area contributed by atoms with Crippen molar-refractivity contribution in [1.82, 2.24) is 15.1 Å². The van der Waals surface area contributed by atoms with Crippen molar-refractivity contribution in [1.29, 1.82) is 5.26 Å². The topological polar surface area (TPSA) is 146 Å². The van der Waals surface area contributed by atoms with E-state index in [4.69, 9.17) is 10.8 Å². The Kier molecular flexibility index (Phi) is 5.44. The Hall–Kier alpha value is -3.61. The van der Waals surface area contributed by atoms with Gasteiger partial charge in [-0.3, -0.25) is 9.48 Å². The molecule has 2 aromatic rings. The number of nitrogens with one attached hydrogen (secondary N) is 2. The summed E-state index contributed by atoms with van der Waals surface area (Å²) in [7, 11) is 0. The monoisotopic (exact) mass is 386 g/mol. The standard InChI is InChI=1S/C18H19FN6O3/c19-11-2-5-12(6-3-11)22-17-14(16(21)26)9-25(24-17)15-7-13(23-18(27)28)4-1-10(15)8-20/h2-3,5-6,9-10,13,15,23H,1,4,7H2,(H2,21,26)(H,22,24)(H,27,28). The fourth-order valence-corrected chi connectivity index (χ4v) is 3.40. The van der Waals surface area contributed by atoms with Gasteiger partial charge in [-0.15, -0.1) is 0 Å². The number of nitrogens with zero attached hydrogens (tertiary/aromatic N) is 3. The Morgan fingerprint density at radius 3 is 2.64 bits per heavy atom. The number of nitriles is 1. The van der Waals surface area contributed by atoms with Crippen LogP contribution in [-0.4, -0.2) is 32.9 Å². The van der Waals surface area contributed by atoms with E-state index in [9.17, 15) is 19.2 Å². The quantitative estimate of drug-likeness (QED) is 0.620. The minimum atomic E-state index is -1.13. The first-order valence-corrected chi connectivity index (χ1v) is 8.68. The molecular weight excluding hydrogens is 367 g/mol. The van der Waals surface area contributed by atoms with Crippen molar-refractivity contribution in [3.8, 4) is 6.07 Å². The van der Waals surface area contributed by atoms with Crippen LogP contribution in [0.4, 0.5) is 20.7 Å². The Morgan fingerprint density at radius 1 is 1.32 bits per heavy atom. The lowest BCUT2D eigenvalue weighted by Gasteiger charge is -2.32. The maximum Gasteiger partial charge on any atom is 0.404 e. The Balaban J connectivity index is 1.89. The summed E-state index contributed by atoms with van der Waals surface area (Å²) in [6.07, 6.45) is 1.73. The third-order valence-corrected chi connectivity index (χ3v) is 4.75. The molecule has 1 aliphatic carbocycles. The zero-order valence-electron chi connectivity index (χ0n) is 14.8. The molecule has 1 aliphatic rings. The second-order valence-corrected chi connectivity index (χ2v) is 6.63. The van der Waals surface area contributed by atoms with Gasteiger partial charge >= 0.3 is 6.09 Å². The molecule has 9 nitrogen and oxygen atoms in total. The molecule has 1 aromatic carbocycles. The van der Waals surface area contributed by atoms with Crippen LogP contribution in [0.1, 0.15) is 35.7 Å². The van der Waals surface area contributed by atoms with Gasteiger partial charge in [-0.2, -0.15) is 10.4 Å². The molecule has 1 aromatic heterocycles. The van der Waals surface area contributed by atoms with E-state index >= 15 is 0 Å². The van der Waals surface area contributed by atoms with Crippen LogP contribution in [0.3, 0.4) is 0 Å². The third-order valence-electron chi connectivity index (χ3n) is 4.75. The zero-order chi connectivity index (χ0) is 20.3. The summed E-state index contributed by atoms with van der Waals surface area (Å²) in [6.45, 7) is 0. The minimum absolute atomic E-state index is 0.120. The molecule has 5 N–H and O–H groups in total. The van der Waals surface area contributed by atoms with E-state index in [1.165, 1.54) is 35.1 Å². The van der Waals surface area contributed by atoms with Gasteiger partial charge < -0.3 is 21.5 Å². The molecule has 1 heterocycles. The van der Waals surface area contributed by atoms with Gasteiger partial charge in [0.1, 0.15) is 11.4 Å². The molecule has 0 bridgehead atoms. The maximum absolute atomic E-state index is 13.1. The molecule has 3 unspecified atom stereocenters. The maximum atomic E-state index is 13.1. The molecular formula is C18H19FN6O3. The van der Waals surface area contributed by atoms with Crippen molar-refractivity contribution in [2.45, 2.75) is 31.3 Å². The van der Waals surface area contributed by atoms with Gasteiger partial charge in [-0.25, -0.2) is 9.18 Å². The lowest BCUT2D eigenvalue weighted by molar-refractivity contribution is 0.100. The van der Waals surface area contributed by atoms with Crippen LogP contribution in [0.2, 0.25) is 0 Å². The smallest absolute Gasteiger partial charge is 0.404 e. The van der Waals surface area contributed by atoms with Gasteiger partial charge in [0.25, 0.3) is 5.91 Å². The van der Waals surface area contributed by atoms with Crippen LogP contribution in [0.25, 0.3) is 0 Å². The summed E-state index contributed by atoms with van der Waals surface area (Å²) in [6, 6.07) is 6.99. The van der Waals surface area contributed by atoms with Crippen molar-refractivity contribution in [3.63, 3.8) is 0 Å². The van der Waals surface area contributed by atoms with E-state index in [-0.39, 0.29) is 23.3 Å². The van der Waals surface area contributed by atoms with Crippen LogP contribution in [-0.2, 0) is 0 Å². The summed E-state index contributed by atoms with van der Waals surface area (Å²) in [5.74, 6) is -1.31. The molecule has 28 heavy (non-hydrogen) atoms. The SMILES string of the molecule is N#CC1CCC(NC(=O)O)CC1n1cc(C(N)=O)c(Nc2ccc(F)cc2)n1. The predicted octanol–water partition coefficient (Wildman–Crippen LogP) is 2.37.